The van der Waals surface area contributed by atoms with Crippen LogP contribution in [0.4, 0.5) is 0 Å². The van der Waals surface area contributed by atoms with Gasteiger partial charge in [0.15, 0.2) is 0 Å². The minimum absolute atomic E-state index is 0. The molecule has 1 amide bonds. The van der Waals surface area contributed by atoms with E-state index in [4.69, 9.17) is 14.2 Å². The minimum atomic E-state index is -0.303. The van der Waals surface area contributed by atoms with E-state index < -0.39 is 0 Å². The third-order valence-corrected chi connectivity index (χ3v) is 3.86. The Morgan fingerprint density at radius 3 is 2.74 bits per heavy atom. The number of nitrogens with one attached hydrogen (secondary N) is 1. The topological polar surface area (TPSA) is 60.0 Å². The van der Waals surface area contributed by atoms with Gasteiger partial charge in [-0.05, 0) is 19.1 Å². The zero-order valence-electron chi connectivity index (χ0n) is 14.0. The van der Waals surface area contributed by atoms with E-state index in [2.05, 4.69) is 5.32 Å². The fraction of sp³-hybridized carbons (Fsp3) is 0.562. The van der Waals surface area contributed by atoms with Crippen molar-refractivity contribution in [1.82, 2.24) is 10.2 Å². The van der Waals surface area contributed by atoms with Crippen molar-refractivity contribution in [3.8, 4) is 11.5 Å². The summed E-state index contributed by atoms with van der Waals surface area (Å²) in [7, 11) is 5.01. The summed E-state index contributed by atoms with van der Waals surface area (Å²) < 4.78 is 16.1. The minimum Gasteiger partial charge on any atom is -0.497 e. The molecular formula is C16H25ClN2O4. The lowest BCUT2D eigenvalue weighted by atomic mass is 10.1. The van der Waals surface area contributed by atoms with Gasteiger partial charge in [0, 0.05) is 31.8 Å². The third kappa shape index (κ3) is 4.73. The van der Waals surface area contributed by atoms with Crippen molar-refractivity contribution in [2.75, 3.05) is 34.4 Å². The molecule has 1 aromatic carbocycles. The fourth-order valence-corrected chi connectivity index (χ4v) is 2.56. The first-order valence-electron chi connectivity index (χ1n) is 7.37. The molecule has 0 unspecified atom stereocenters. The predicted octanol–water partition coefficient (Wildman–Crippen LogP) is 1.46. The number of morpholine rings is 1. The molecule has 1 N–H and O–H groups in total. The van der Waals surface area contributed by atoms with Crippen molar-refractivity contribution in [2.24, 2.45) is 0 Å². The van der Waals surface area contributed by atoms with Gasteiger partial charge in [-0.3, -0.25) is 4.79 Å². The van der Waals surface area contributed by atoms with Gasteiger partial charge in [-0.1, -0.05) is 0 Å². The number of carbonyl (C=O) groups excluding carboxylic acids is 1. The number of carbonyl (C=O) groups is 1. The van der Waals surface area contributed by atoms with E-state index in [-0.39, 0.29) is 30.5 Å². The number of likely N-dealkylation sites (N-methyl/N-ethyl adjacent to an activating group) is 1. The van der Waals surface area contributed by atoms with Gasteiger partial charge in [0.2, 0.25) is 5.91 Å². The highest BCUT2D eigenvalue weighted by molar-refractivity contribution is 5.85. The summed E-state index contributed by atoms with van der Waals surface area (Å²) in [6, 6.07) is 5.29. The van der Waals surface area contributed by atoms with Crippen molar-refractivity contribution >= 4 is 18.3 Å². The summed E-state index contributed by atoms with van der Waals surface area (Å²) in [5.74, 6) is 1.45. The van der Waals surface area contributed by atoms with Gasteiger partial charge in [0.05, 0.1) is 26.9 Å². The van der Waals surface area contributed by atoms with E-state index in [0.29, 0.717) is 25.4 Å². The highest BCUT2D eigenvalue weighted by Gasteiger charge is 2.30. The largest absolute Gasteiger partial charge is 0.497 e. The first kappa shape index (κ1) is 19.5. The summed E-state index contributed by atoms with van der Waals surface area (Å²) in [5.41, 5.74) is 0.934. The maximum atomic E-state index is 12.6. The Morgan fingerprint density at radius 1 is 1.39 bits per heavy atom. The average Bonchev–Trinajstić information content (AvgIpc) is 2.55. The summed E-state index contributed by atoms with van der Waals surface area (Å²) in [6.45, 7) is 3.72. The van der Waals surface area contributed by atoms with Crippen molar-refractivity contribution in [3.63, 3.8) is 0 Å². The lowest BCUT2D eigenvalue weighted by Crippen LogP contribution is -2.55. The molecule has 0 saturated carbocycles. The number of methoxy groups -OCH3 is 2. The van der Waals surface area contributed by atoms with E-state index >= 15 is 0 Å². The Kier molecular flexibility index (Phi) is 7.61. The SMILES string of the molecule is COc1ccc(CN(C)C(=O)[C@H]2NCCO[C@@H]2C)c(OC)c1.Cl. The van der Waals surface area contributed by atoms with Gasteiger partial charge in [-0.2, -0.15) is 0 Å². The van der Waals surface area contributed by atoms with Crippen LogP contribution in [0.25, 0.3) is 0 Å². The monoisotopic (exact) mass is 344 g/mol. The maximum absolute atomic E-state index is 12.6. The van der Waals surface area contributed by atoms with E-state index in [1.165, 1.54) is 0 Å². The van der Waals surface area contributed by atoms with Crippen LogP contribution >= 0.6 is 12.4 Å². The molecule has 0 aromatic heterocycles. The Bertz CT molecular complexity index is 527. The Balaban J connectivity index is 0.00000264. The second-order valence-electron chi connectivity index (χ2n) is 5.38. The van der Waals surface area contributed by atoms with Gasteiger partial charge >= 0.3 is 0 Å². The van der Waals surface area contributed by atoms with Crippen LogP contribution < -0.4 is 14.8 Å². The van der Waals surface area contributed by atoms with Crippen LogP contribution in [0.15, 0.2) is 18.2 Å². The number of nitrogens with zero attached hydrogens (tertiary/aromatic N) is 1. The summed E-state index contributed by atoms with van der Waals surface area (Å²) in [5, 5.41) is 3.21. The highest BCUT2D eigenvalue weighted by atomic mass is 35.5. The quantitative estimate of drug-likeness (QED) is 0.876. The number of hydrogen-bond acceptors (Lipinski definition) is 5. The molecule has 2 rings (SSSR count). The number of rotatable bonds is 5. The Hall–Kier alpha value is -1.50. The van der Waals surface area contributed by atoms with Crippen molar-refractivity contribution in [1.29, 1.82) is 0 Å². The van der Waals surface area contributed by atoms with Crippen LogP contribution in [-0.2, 0) is 16.1 Å². The van der Waals surface area contributed by atoms with E-state index in [9.17, 15) is 4.79 Å². The zero-order valence-corrected chi connectivity index (χ0v) is 14.8. The molecule has 0 bridgehead atoms. The first-order valence-corrected chi connectivity index (χ1v) is 7.37. The first-order chi connectivity index (χ1) is 10.6. The van der Waals surface area contributed by atoms with E-state index in [0.717, 1.165) is 11.3 Å². The second-order valence-corrected chi connectivity index (χ2v) is 5.38. The molecule has 0 radical (unpaired) electrons. The number of halogens is 1. The van der Waals surface area contributed by atoms with E-state index in [1.807, 2.05) is 25.1 Å². The lowest BCUT2D eigenvalue weighted by Gasteiger charge is -2.32. The van der Waals surface area contributed by atoms with Gasteiger partial charge in [0.25, 0.3) is 0 Å². The molecule has 23 heavy (non-hydrogen) atoms. The van der Waals surface area contributed by atoms with Crippen LogP contribution in [-0.4, -0.2) is 57.4 Å². The van der Waals surface area contributed by atoms with Gasteiger partial charge < -0.3 is 24.4 Å². The molecule has 6 nitrogen and oxygen atoms in total. The molecule has 1 fully saturated rings. The van der Waals surface area contributed by atoms with Crippen molar-refractivity contribution in [3.05, 3.63) is 23.8 Å². The molecule has 0 aliphatic carbocycles. The Labute approximate surface area is 143 Å². The van der Waals surface area contributed by atoms with Gasteiger partial charge in [-0.25, -0.2) is 0 Å². The fourth-order valence-electron chi connectivity index (χ4n) is 2.56. The number of ether oxygens (including phenoxy) is 3. The molecular weight excluding hydrogens is 320 g/mol. The summed E-state index contributed by atoms with van der Waals surface area (Å²) in [6.07, 6.45) is -0.124. The van der Waals surface area contributed by atoms with Crippen LogP contribution in [0.2, 0.25) is 0 Å². The molecule has 0 spiro atoms. The average molecular weight is 345 g/mol. The van der Waals surface area contributed by atoms with E-state index in [1.54, 1.807) is 26.2 Å². The van der Waals surface area contributed by atoms with Crippen LogP contribution in [0.5, 0.6) is 11.5 Å². The van der Waals surface area contributed by atoms with Gasteiger partial charge in [-0.15, -0.1) is 12.4 Å². The molecule has 2 atom stereocenters. The third-order valence-electron chi connectivity index (χ3n) is 3.86. The van der Waals surface area contributed by atoms with Crippen molar-refractivity contribution < 1.29 is 19.0 Å². The van der Waals surface area contributed by atoms with Gasteiger partial charge in [0.1, 0.15) is 17.5 Å². The normalized spacial score (nSPS) is 20.3. The smallest absolute Gasteiger partial charge is 0.242 e. The predicted molar refractivity (Wildman–Crippen MR) is 90.5 cm³/mol. The summed E-state index contributed by atoms with van der Waals surface area (Å²) >= 11 is 0. The lowest BCUT2D eigenvalue weighted by molar-refractivity contribution is -0.138. The molecule has 130 valence electrons. The molecule has 1 heterocycles. The maximum Gasteiger partial charge on any atom is 0.242 e. The van der Waals surface area contributed by atoms with Crippen LogP contribution in [0.3, 0.4) is 0 Å². The Morgan fingerprint density at radius 2 is 2.13 bits per heavy atom. The molecule has 1 aliphatic heterocycles. The zero-order chi connectivity index (χ0) is 16.1. The number of benzene rings is 1. The van der Waals surface area contributed by atoms with Crippen LogP contribution in [0, 0.1) is 0 Å². The molecule has 1 saturated heterocycles. The van der Waals surface area contributed by atoms with Crippen LogP contribution in [0.1, 0.15) is 12.5 Å². The number of amides is 1. The summed E-state index contributed by atoms with van der Waals surface area (Å²) in [4.78, 5) is 14.2. The molecule has 7 heteroatoms. The highest BCUT2D eigenvalue weighted by Crippen LogP contribution is 2.25. The molecule has 1 aromatic rings. The van der Waals surface area contributed by atoms with Crippen molar-refractivity contribution in [2.45, 2.75) is 25.6 Å². The number of hydrogen-bond donors (Lipinski definition) is 1. The standard InChI is InChI=1S/C16H24N2O4.ClH/c1-11-15(17-7-8-22-11)16(19)18(2)10-12-5-6-13(20-3)9-14(12)21-4;/h5-6,9,11,15,17H,7-8,10H2,1-4H3;1H/t11-,15+;/m1./s1. The second kappa shape index (κ2) is 8.96. The molecule has 1 aliphatic rings.